The maximum Gasteiger partial charge on any atom is 0.124 e. The van der Waals surface area contributed by atoms with Crippen LogP contribution in [0.3, 0.4) is 0 Å². The van der Waals surface area contributed by atoms with Crippen molar-refractivity contribution in [3.8, 4) is 0 Å². The summed E-state index contributed by atoms with van der Waals surface area (Å²) >= 11 is 0. The molecule has 2 heterocycles. The second-order valence-corrected chi connectivity index (χ2v) is 4.76. The van der Waals surface area contributed by atoms with Gasteiger partial charge in [0.2, 0.25) is 0 Å². The van der Waals surface area contributed by atoms with Gasteiger partial charge in [0.05, 0.1) is 11.9 Å². The lowest BCUT2D eigenvalue weighted by molar-refractivity contribution is 0.532. The van der Waals surface area contributed by atoms with E-state index in [2.05, 4.69) is 48.5 Å². The Hall–Kier alpha value is -1.49. The summed E-state index contributed by atoms with van der Waals surface area (Å²) < 4.78 is 3.95. The summed E-state index contributed by atoms with van der Waals surface area (Å²) in [5.74, 6) is 1.06. The van der Waals surface area contributed by atoms with Crippen molar-refractivity contribution in [3.63, 3.8) is 0 Å². The van der Waals surface area contributed by atoms with E-state index in [-0.39, 0.29) is 12.4 Å². The van der Waals surface area contributed by atoms with Crippen molar-refractivity contribution in [1.29, 1.82) is 0 Å². The van der Waals surface area contributed by atoms with Crippen molar-refractivity contribution >= 4 is 18.2 Å². The van der Waals surface area contributed by atoms with Crippen LogP contribution in [0.25, 0.3) is 0 Å². The quantitative estimate of drug-likeness (QED) is 0.917. The van der Waals surface area contributed by atoms with Gasteiger partial charge in [-0.25, -0.2) is 4.68 Å². The molecule has 0 saturated heterocycles. The van der Waals surface area contributed by atoms with Crippen LogP contribution in [0, 0.1) is 6.92 Å². The molecule has 0 aromatic carbocycles. The van der Waals surface area contributed by atoms with E-state index in [1.165, 1.54) is 5.56 Å². The minimum Gasteiger partial charge on any atom is -0.366 e. The predicted octanol–water partition coefficient (Wildman–Crippen LogP) is 3.02. The average Bonchev–Trinajstić information content (AvgIpc) is 2.92. The molecule has 5 nitrogen and oxygen atoms in total. The van der Waals surface area contributed by atoms with Crippen LogP contribution >= 0.6 is 12.4 Å². The third-order valence-corrected chi connectivity index (χ3v) is 2.86. The molecule has 2 aromatic heterocycles. The van der Waals surface area contributed by atoms with Gasteiger partial charge in [-0.3, -0.25) is 4.68 Å². The molecule has 0 amide bonds. The second-order valence-electron chi connectivity index (χ2n) is 4.76. The zero-order chi connectivity index (χ0) is 13.1. The van der Waals surface area contributed by atoms with Crippen LogP contribution < -0.4 is 5.32 Å². The Labute approximate surface area is 120 Å². The number of aryl methyl sites for hydroxylation is 2. The van der Waals surface area contributed by atoms with Crippen molar-refractivity contribution in [3.05, 3.63) is 29.7 Å². The summed E-state index contributed by atoms with van der Waals surface area (Å²) in [6, 6.07) is 2.47. The van der Waals surface area contributed by atoms with Crippen LogP contribution in [0.4, 0.5) is 5.82 Å². The highest BCUT2D eigenvalue weighted by molar-refractivity contribution is 5.85. The minimum absolute atomic E-state index is 0. The monoisotopic (exact) mass is 283 g/mol. The van der Waals surface area contributed by atoms with E-state index in [0.717, 1.165) is 24.6 Å². The number of hydrogen-bond acceptors (Lipinski definition) is 3. The average molecular weight is 284 g/mol. The maximum absolute atomic E-state index is 4.41. The number of hydrogen-bond donors (Lipinski definition) is 1. The molecule has 0 aliphatic rings. The van der Waals surface area contributed by atoms with Gasteiger partial charge >= 0.3 is 0 Å². The molecule has 19 heavy (non-hydrogen) atoms. The Morgan fingerprint density at radius 1 is 1.37 bits per heavy atom. The number of nitrogens with zero attached hydrogens (tertiary/aromatic N) is 4. The molecule has 2 aromatic rings. The number of aromatic nitrogens is 4. The molecular formula is C13H22ClN5. The van der Waals surface area contributed by atoms with E-state index in [0.29, 0.717) is 6.04 Å². The Kier molecular flexibility index (Phi) is 5.42. The second kappa shape index (κ2) is 6.61. The summed E-state index contributed by atoms with van der Waals surface area (Å²) in [7, 11) is 0. The first-order chi connectivity index (χ1) is 8.60. The zero-order valence-corrected chi connectivity index (χ0v) is 12.7. The molecule has 0 bridgehead atoms. The third kappa shape index (κ3) is 3.73. The molecule has 2 rings (SSSR count). The van der Waals surface area contributed by atoms with Gasteiger partial charge in [0.1, 0.15) is 5.82 Å². The summed E-state index contributed by atoms with van der Waals surface area (Å²) in [6.45, 7) is 10.0. The molecule has 0 aliphatic heterocycles. The maximum atomic E-state index is 4.41. The molecule has 0 saturated carbocycles. The number of nitrogens with one attached hydrogen (secondary N) is 1. The summed E-state index contributed by atoms with van der Waals surface area (Å²) in [5, 5.41) is 12.1. The lowest BCUT2D eigenvalue weighted by Gasteiger charge is -2.06. The van der Waals surface area contributed by atoms with Crippen molar-refractivity contribution in [2.24, 2.45) is 0 Å². The van der Waals surface area contributed by atoms with Crippen LogP contribution in [-0.2, 0) is 13.1 Å². The Balaban J connectivity index is 0.00000180. The Morgan fingerprint density at radius 3 is 2.68 bits per heavy atom. The first kappa shape index (κ1) is 15.6. The first-order valence-corrected chi connectivity index (χ1v) is 6.41. The first-order valence-electron chi connectivity index (χ1n) is 6.41. The van der Waals surface area contributed by atoms with Crippen molar-refractivity contribution < 1.29 is 0 Å². The molecule has 106 valence electrons. The molecule has 0 atom stereocenters. The third-order valence-electron chi connectivity index (χ3n) is 2.86. The van der Waals surface area contributed by atoms with Gasteiger partial charge in [0.25, 0.3) is 0 Å². The normalized spacial score (nSPS) is 10.6. The van der Waals surface area contributed by atoms with Gasteiger partial charge in [-0.2, -0.15) is 10.2 Å². The number of anilines is 1. The smallest absolute Gasteiger partial charge is 0.124 e. The molecule has 0 radical (unpaired) electrons. The van der Waals surface area contributed by atoms with Crippen molar-refractivity contribution in [1.82, 2.24) is 19.6 Å². The van der Waals surface area contributed by atoms with E-state index < -0.39 is 0 Å². The van der Waals surface area contributed by atoms with Gasteiger partial charge in [-0.1, -0.05) is 0 Å². The lowest BCUT2D eigenvalue weighted by Crippen LogP contribution is -2.06. The standard InChI is InChI=1S/C13H21N5.ClH/c1-5-17-13(6-11(4)16-17)14-7-12-8-15-18(9-12)10(2)3;/h6,8-10,14H,5,7H2,1-4H3;1H. The van der Waals surface area contributed by atoms with Crippen LogP contribution in [0.15, 0.2) is 18.5 Å². The van der Waals surface area contributed by atoms with E-state index in [1.807, 2.05) is 22.5 Å². The van der Waals surface area contributed by atoms with Crippen LogP contribution in [0.5, 0.6) is 0 Å². The Bertz CT molecular complexity index is 515. The SMILES string of the molecule is CCn1nc(C)cc1NCc1cnn(C(C)C)c1.Cl. The highest BCUT2D eigenvalue weighted by atomic mass is 35.5. The molecule has 0 spiro atoms. The predicted molar refractivity (Wildman–Crippen MR) is 79.8 cm³/mol. The van der Waals surface area contributed by atoms with Crippen molar-refractivity contribution in [2.45, 2.75) is 46.8 Å². The van der Waals surface area contributed by atoms with Gasteiger partial charge < -0.3 is 5.32 Å². The van der Waals surface area contributed by atoms with Gasteiger partial charge in [0, 0.05) is 37.0 Å². The van der Waals surface area contributed by atoms with Crippen LogP contribution in [0.1, 0.15) is 38.1 Å². The fourth-order valence-corrected chi connectivity index (χ4v) is 1.87. The minimum atomic E-state index is 0. The Morgan fingerprint density at radius 2 is 2.11 bits per heavy atom. The van der Waals surface area contributed by atoms with Crippen LogP contribution in [0.2, 0.25) is 0 Å². The summed E-state index contributed by atoms with van der Waals surface area (Å²) in [4.78, 5) is 0. The van der Waals surface area contributed by atoms with Gasteiger partial charge in [0.15, 0.2) is 0 Å². The fourth-order valence-electron chi connectivity index (χ4n) is 1.87. The lowest BCUT2D eigenvalue weighted by atomic mass is 10.3. The van der Waals surface area contributed by atoms with Gasteiger partial charge in [-0.15, -0.1) is 12.4 Å². The van der Waals surface area contributed by atoms with E-state index in [4.69, 9.17) is 0 Å². The highest BCUT2D eigenvalue weighted by Crippen LogP contribution is 2.12. The van der Waals surface area contributed by atoms with E-state index in [1.54, 1.807) is 0 Å². The molecule has 0 fully saturated rings. The fraction of sp³-hybridized carbons (Fsp3) is 0.538. The highest BCUT2D eigenvalue weighted by Gasteiger charge is 2.05. The molecule has 6 heteroatoms. The number of halogens is 1. The van der Waals surface area contributed by atoms with Crippen molar-refractivity contribution in [2.75, 3.05) is 5.32 Å². The van der Waals surface area contributed by atoms with E-state index in [9.17, 15) is 0 Å². The summed E-state index contributed by atoms with van der Waals surface area (Å²) in [5.41, 5.74) is 2.22. The molecule has 0 unspecified atom stereocenters. The van der Waals surface area contributed by atoms with Gasteiger partial charge in [-0.05, 0) is 27.7 Å². The molecular weight excluding hydrogens is 262 g/mol. The van der Waals surface area contributed by atoms with E-state index >= 15 is 0 Å². The topological polar surface area (TPSA) is 47.7 Å². The number of rotatable bonds is 5. The molecule has 0 aliphatic carbocycles. The molecule has 1 N–H and O–H groups in total. The zero-order valence-electron chi connectivity index (χ0n) is 11.9. The largest absolute Gasteiger partial charge is 0.366 e. The van der Waals surface area contributed by atoms with Crippen LogP contribution in [-0.4, -0.2) is 19.6 Å². The summed E-state index contributed by atoms with van der Waals surface area (Å²) in [6.07, 6.45) is 3.99.